The topological polar surface area (TPSA) is 74.2 Å². The second-order valence-corrected chi connectivity index (χ2v) is 6.27. The Kier molecular flexibility index (Phi) is 5.78. The summed E-state index contributed by atoms with van der Waals surface area (Å²) >= 11 is 0. The minimum absolute atomic E-state index is 0.00344. The lowest BCUT2D eigenvalue weighted by Crippen LogP contribution is -2.42. The second kappa shape index (κ2) is 8.22. The predicted octanol–water partition coefficient (Wildman–Crippen LogP) is 0.659. The Bertz CT molecular complexity index is 641. The van der Waals surface area contributed by atoms with Gasteiger partial charge in [-0.25, -0.2) is 0 Å². The molecule has 1 aromatic rings. The molecule has 3 rings (SSSR count). The minimum Gasteiger partial charge on any atom is -0.379 e. The number of Topliss-reactive ketones (excluding diaryl/α,β-unsaturated/α-hetero) is 1. The van der Waals surface area contributed by atoms with E-state index in [1.807, 2.05) is 30.3 Å². The molecule has 2 heterocycles. The molecule has 0 aliphatic carbocycles. The zero-order valence-electron chi connectivity index (χ0n) is 14.5. The van der Waals surface area contributed by atoms with E-state index in [0.29, 0.717) is 18.7 Å². The quantitative estimate of drug-likeness (QED) is 0.821. The number of rotatable bonds is 6. The molecule has 1 aromatic carbocycles. The van der Waals surface area contributed by atoms with Gasteiger partial charge in [0.15, 0.2) is 5.78 Å². The molecule has 0 bridgehead atoms. The van der Waals surface area contributed by atoms with E-state index in [1.165, 1.54) is 6.92 Å². The number of hydrazone groups is 1. The lowest BCUT2D eigenvalue weighted by Gasteiger charge is -2.26. The number of anilines is 1. The predicted molar refractivity (Wildman–Crippen MR) is 95.7 cm³/mol. The van der Waals surface area contributed by atoms with Crippen molar-refractivity contribution in [2.45, 2.75) is 19.4 Å². The van der Waals surface area contributed by atoms with Crippen molar-refractivity contribution in [1.29, 1.82) is 0 Å². The zero-order valence-corrected chi connectivity index (χ0v) is 14.5. The van der Waals surface area contributed by atoms with Gasteiger partial charge in [-0.1, -0.05) is 18.2 Å². The van der Waals surface area contributed by atoms with Crippen molar-refractivity contribution in [3.8, 4) is 0 Å². The largest absolute Gasteiger partial charge is 0.379 e. The van der Waals surface area contributed by atoms with E-state index in [2.05, 4.69) is 15.3 Å². The van der Waals surface area contributed by atoms with Crippen LogP contribution in [-0.4, -0.2) is 67.7 Å². The number of carbonyl (C=O) groups is 2. The van der Waals surface area contributed by atoms with Crippen LogP contribution in [0.25, 0.3) is 0 Å². The number of ketones is 1. The fraction of sp³-hybridized carbons (Fsp3) is 0.500. The molecule has 7 nitrogen and oxygen atoms in total. The van der Waals surface area contributed by atoms with Crippen LogP contribution in [-0.2, 0) is 14.3 Å². The van der Waals surface area contributed by atoms with Crippen LogP contribution in [0.1, 0.15) is 13.3 Å². The van der Waals surface area contributed by atoms with Gasteiger partial charge in [0, 0.05) is 32.6 Å². The molecule has 0 unspecified atom stereocenters. The lowest BCUT2D eigenvalue weighted by molar-refractivity contribution is -0.118. The maximum atomic E-state index is 12.4. The molecule has 7 heteroatoms. The summed E-state index contributed by atoms with van der Waals surface area (Å²) in [5, 5.41) is 8.98. The van der Waals surface area contributed by atoms with E-state index in [-0.39, 0.29) is 11.7 Å². The Hall–Kier alpha value is -2.25. The molecular weight excluding hydrogens is 320 g/mol. The Balaban J connectivity index is 1.59. The Morgan fingerprint density at radius 2 is 1.96 bits per heavy atom. The highest BCUT2D eigenvalue weighted by molar-refractivity contribution is 6.40. The van der Waals surface area contributed by atoms with E-state index < -0.39 is 6.04 Å². The monoisotopic (exact) mass is 344 g/mol. The highest BCUT2D eigenvalue weighted by Crippen LogP contribution is 2.24. The van der Waals surface area contributed by atoms with E-state index >= 15 is 0 Å². The van der Waals surface area contributed by atoms with Crippen LogP contribution >= 0.6 is 0 Å². The third-order valence-corrected chi connectivity index (χ3v) is 4.48. The van der Waals surface area contributed by atoms with Crippen molar-refractivity contribution in [3.63, 3.8) is 0 Å². The van der Waals surface area contributed by atoms with E-state index in [4.69, 9.17) is 4.74 Å². The molecule has 25 heavy (non-hydrogen) atoms. The first kappa shape index (κ1) is 17.6. The van der Waals surface area contributed by atoms with Crippen molar-refractivity contribution in [2.75, 3.05) is 44.4 Å². The van der Waals surface area contributed by atoms with Gasteiger partial charge in [0.1, 0.15) is 11.8 Å². The number of morpholine rings is 1. The van der Waals surface area contributed by atoms with Gasteiger partial charge in [-0.2, -0.15) is 5.10 Å². The molecule has 1 fully saturated rings. The van der Waals surface area contributed by atoms with Crippen molar-refractivity contribution < 1.29 is 14.3 Å². The maximum absolute atomic E-state index is 12.4. The summed E-state index contributed by atoms with van der Waals surface area (Å²) < 4.78 is 5.31. The first-order valence-corrected chi connectivity index (χ1v) is 8.65. The second-order valence-electron chi connectivity index (χ2n) is 6.27. The summed E-state index contributed by atoms with van der Waals surface area (Å²) in [7, 11) is 0. The molecule has 1 amide bonds. The van der Waals surface area contributed by atoms with Crippen molar-refractivity contribution in [3.05, 3.63) is 30.3 Å². The van der Waals surface area contributed by atoms with Crippen LogP contribution in [0.15, 0.2) is 35.4 Å². The Labute approximate surface area is 147 Å². The third kappa shape index (κ3) is 4.43. The minimum atomic E-state index is -0.414. The average molecular weight is 344 g/mol. The van der Waals surface area contributed by atoms with Gasteiger partial charge in [-0.05, 0) is 19.1 Å². The first-order chi connectivity index (χ1) is 12.1. The van der Waals surface area contributed by atoms with Crippen LogP contribution in [0.4, 0.5) is 5.69 Å². The zero-order chi connectivity index (χ0) is 17.6. The molecule has 1 N–H and O–H groups in total. The number of hydrogen-bond acceptors (Lipinski definition) is 6. The molecule has 2 aliphatic heterocycles. The number of para-hydroxylation sites is 1. The van der Waals surface area contributed by atoms with Gasteiger partial charge in [0.25, 0.3) is 5.91 Å². The summed E-state index contributed by atoms with van der Waals surface area (Å²) in [6, 6.07) is 9.05. The number of ether oxygens (including phenoxy) is 1. The first-order valence-electron chi connectivity index (χ1n) is 8.65. The standard InChI is InChI=1S/C18H24N4O3/c1-14(23)17-13-16(20-22(17)15-5-3-2-4-6-15)18(24)19-7-8-21-9-11-25-12-10-21/h2-6,17H,7-13H2,1H3,(H,19,24)/t17-/m0/s1. The van der Waals surface area contributed by atoms with Crippen molar-refractivity contribution in [2.24, 2.45) is 5.10 Å². The Morgan fingerprint density at radius 1 is 1.24 bits per heavy atom. The Morgan fingerprint density at radius 3 is 2.64 bits per heavy atom. The normalized spacial score (nSPS) is 21.1. The molecule has 0 saturated carbocycles. The van der Waals surface area contributed by atoms with E-state index in [0.717, 1.165) is 38.5 Å². The highest BCUT2D eigenvalue weighted by atomic mass is 16.5. The van der Waals surface area contributed by atoms with Gasteiger partial charge < -0.3 is 10.1 Å². The van der Waals surface area contributed by atoms with Crippen LogP contribution in [0, 0.1) is 0 Å². The molecule has 0 aromatic heterocycles. The van der Waals surface area contributed by atoms with E-state index in [1.54, 1.807) is 5.01 Å². The van der Waals surface area contributed by atoms with Gasteiger partial charge in [-0.15, -0.1) is 0 Å². The lowest BCUT2D eigenvalue weighted by atomic mass is 10.1. The summed E-state index contributed by atoms with van der Waals surface area (Å²) in [6.45, 7) is 6.17. The third-order valence-electron chi connectivity index (χ3n) is 4.48. The van der Waals surface area contributed by atoms with Crippen LogP contribution in [0.2, 0.25) is 0 Å². The number of amides is 1. The van der Waals surface area contributed by atoms with E-state index in [9.17, 15) is 9.59 Å². The molecule has 0 radical (unpaired) electrons. The smallest absolute Gasteiger partial charge is 0.267 e. The van der Waals surface area contributed by atoms with Crippen LogP contribution < -0.4 is 10.3 Å². The molecule has 1 atom stereocenters. The van der Waals surface area contributed by atoms with Crippen LogP contribution in [0.5, 0.6) is 0 Å². The highest BCUT2D eigenvalue weighted by Gasteiger charge is 2.34. The van der Waals surface area contributed by atoms with Gasteiger partial charge in [0.05, 0.1) is 18.9 Å². The average Bonchev–Trinajstić information content (AvgIpc) is 3.09. The molecule has 134 valence electrons. The van der Waals surface area contributed by atoms with Gasteiger partial charge in [0.2, 0.25) is 0 Å². The molecule has 2 aliphatic rings. The number of nitrogens with one attached hydrogen (secondary N) is 1. The summed E-state index contributed by atoms with van der Waals surface area (Å²) in [6.07, 6.45) is 0.341. The number of nitrogens with zero attached hydrogens (tertiary/aromatic N) is 3. The fourth-order valence-corrected chi connectivity index (χ4v) is 3.04. The van der Waals surface area contributed by atoms with Gasteiger partial charge in [-0.3, -0.25) is 19.5 Å². The van der Waals surface area contributed by atoms with Crippen molar-refractivity contribution >= 4 is 23.1 Å². The van der Waals surface area contributed by atoms with Gasteiger partial charge >= 0.3 is 0 Å². The summed E-state index contributed by atoms with van der Waals surface area (Å²) in [4.78, 5) is 26.6. The maximum Gasteiger partial charge on any atom is 0.267 e. The fourth-order valence-electron chi connectivity index (χ4n) is 3.04. The molecule has 1 saturated heterocycles. The number of benzene rings is 1. The van der Waals surface area contributed by atoms with Crippen LogP contribution in [0.3, 0.4) is 0 Å². The number of hydrogen-bond donors (Lipinski definition) is 1. The van der Waals surface area contributed by atoms with Crippen molar-refractivity contribution in [1.82, 2.24) is 10.2 Å². The SMILES string of the molecule is CC(=O)[C@@H]1CC(C(=O)NCCN2CCOCC2)=NN1c1ccccc1. The summed E-state index contributed by atoms with van der Waals surface area (Å²) in [5.74, 6) is -0.193. The summed E-state index contributed by atoms with van der Waals surface area (Å²) in [5.41, 5.74) is 1.23. The molecule has 0 spiro atoms. The number of carbonyl (C=O) groups excluding carboxylic acids is 2. The molecular formula is C18H24N4O3.